The summed E-state index contributed by atoms with van der Waals surface area (Å²) in [7, 11) is 0. The number of rotatable bonds is 6. The predicted octanol–water partition coefficient (Wildman–Crippen LogP) is 3.42. The highest BCUT2D eigenvalue weighted by molar-refractivity contribution is 5.94. The lowest BCUT2D eigenvalue weighted by Gasteiger charge is -2.18. The molecule has 120 valence electrons. The highest BCUT2D eigenvalue weighted by Crippen LogP contribution is 2.18. The van der Waals surface area contributed by atoms with E-state index in [0.717, 1.165) is 11.1 Å². The highest BCUT2D eigenvalue weighted by atomic mass is 16.5. The summed E-state index contributed by atoms with van der Waals surface area (Å²) in [6, 6.07) is 16.3. The first-order valence-electron chi connectivity index (χ1n) is 7.68. The number of hydrogen-bond acceptors (Lipinski definition) is 3. The molecular formula is C19H21NO3. The summed E-state index contributed by atoms with van der Waals surface area (Å²) in [6.45, 7) is 4.06. The quantitative estimate of drug-likeness (QED) is 0.832. The van der Waals surface area contributed by atoms with E-state index in [-0.39, 0.29) is 18.3 Å². The second-order valence-corrected chi connectivity index (χ2v) is 5.31. The average Bonchev–Trinajstić information content (AvgIpc) is 2.56. The van der Waals surface area contributed by atoms with E-state index in [1.54, 1.807) is 19.1 Å². The van der Waals surface area contributed by atoms with Crippen LogP contribution in [0.2, 0.25) is 0 Å². The van der Waals surface area contributed by atoms with E-state index in [1.807, 2.05) is 49.4 Å². The summed E-state index contributed by atoms with van der Waals surface area (Å²) < 4.78 is 5.01. The van der Waals surface area contributed by atoms with Crippen LogP contribution in [0.1, 0.15) is 40.9 Å². The van der Waals surface area contributed by atoms with Crippen LogP contribution in [-0.2, 0) is 9.53 Å². The van der Waals surface area contributed by atoms with E-state index < -0.39 is 6.04 Å². The van der Waals surface area contributed by atoms with Gasteiger partial charge in [-0.3, -0.25) is 9.59 Å². The molecule has 0 saturated carbocycles. The Hall–Kier alpha value is -2.62. The fourth-order valence-electron chi connectivity index (χ4n) is 2.27. The van der Waals surface area contributed by atoms with Gasteiger partial charge in [0.05, 0.1) is 19.1 Å². The Morgan fingerprint density at radius 3 is 2.30 bits per heavy atom. The van der Waals surface area contributed by atoms with Crippen molar-refractivity contribution in [3.8, 4) is 0 Å². The van der Waals surface area contributed by atoms with Gasteiger partial charge in [0.25, 0.3) is 5.91 Å². The number of esters is 1. The molecule has 0 bridgehead atoms. The summed E-state index contributed by atoms with van der Waals surface area (Å²) in [6.07, 6.45) is 0.107. The van der Waals surface area contributed by atoms with Crippen LogP contribution in [0, 0.1) is 6.92 Å². The van der Waals surface area contributed by atoms with Crippen LogP contribution in [0.5, 0.6) is 0 Å². The number of hydrogen-bond donors (Lipinski definition) is 1. The summed E-state index contributed by atoms with van der Waals surface area (Å²) in [5.41, 5.74) is 2.54. The molecule has 0 heterocycles. The number of ether oxygens (including phenoxy) is 1. The zero-order valence-corrected chi connectivity index (χ0v) is 13.4. The second kappa shape index (κ2) is 8.13. The zero-order valence-electron chi connectivity index (χ0n) is 13.4. The van der Waals surface area contributed by atoms with E-state index in [2.05, 4.69) is 5.32 Å². The number of amides is 1. The third-order valence-corrected chi connectivity index (χ3v) is 3.50. The van der Waals surface area contributed by atoms with Crippen LogP contribution < -0.4 is 5.32 Å². The molecule has 0 aromatic heterocycles. The monoisotopic (exact) mass is 311 g/mol. The molecule has 0 aliphatic heterocycles. The number of benzene rings is 2. The molecule has 0 radical (unpaired) electrons. The SMILES string of the molecule is CCOC(=O)CC(NC(=O)c1ccc(C)cc1)c1ccccc1. The molecule has 2 rings (SSSR count). The van der Waals surface area contributed by atoms with Crippen molar-refractivity contribution in [1.82, 2.24) is 5.32 Å². The lowest BCUT2D eigenvalue weighted by Crippen LogP contribution is -2.30. The molecule has 0 aliphatic carbocycles. The van der Waals surface area contributed by atoms with Gasteiger partial charge in [-0.15, -0.1) is 0 Å². The first-order valence-corrected chi connectivity index (χ1v) is 7.68. The van der Waals surface area contributed by atoms with Gasteiger partial charge < -0.3 is 10.1 Å². The van der Waals surface area contributed by atoms with E-state index >= 15 is 0 Å². The van der Waals surface area contributed by atoms with Crippen molar-refractivity contribution < 1.29 is 14.3 Å². The largest absolute Gasteiger partial charge is 0.466 e. The van der Waals surface area contributed by atoms with E-state index in [4.69, 9.17) is 4.74 Å². The van der Waals surface area contributed by atoms with Gasteiger partial charge in [0.15, 0.2) is 0 Å². The van der Waals surface area contributed by atoms with Crippen molar-refractivity contribution in [1.29, 1.82) is 0 Å². The molecule has 0 aliphatic rings. The molecule has 4 nitrogen and oxygen atoms in total. The maximum Gasteiger partial charge on any atom is 0.308 e. The lowest BCUT2D eigenvalue weighted by molar-refractivity contribution is -0.143. The van der Waals surface area contributed by atoms with Gasteiger partial charge in [-0.2, -0.15) is 0 Å². The van der Waals surface area contributed by atoms with Gasteiger partial charge >= 0.3 is 5.97 Å². The lowest BCUT2D eigenvalue weighted by atomic mass is 10.0. The molecule has 2 aromatic rings. The smallest absolute Gasteiger partial charge is 0.308 e. The van der Waals surface area contributed by atoms with Crippen molar-refractivity contribution in [2.75, 3.05) is 6.61 Å². The maximum atomic E-state index is 12.4. The minimum absolute atomic E-state index is 0.107. The Kier molecular flexibility index (Phi) is 5.92. The topological polar surface area (TPSA) is 55.4 Å². The van der Waals surface area contributed by atoms with E-state index in [0.29, 0.717) is 12.2 Å². The van der Waals surface area contributed by atoms with Gasteiger partial charge in [0.1, 0.15) is 0 Å². The molecule has 0 saturated heterocycles. The van der Waals surface area contributed by atoms with Gasteiger partial charge in [-0.25, -0.2) is 0 Å². The molecule has 2 aromatic carbocycles. The fourth-order valence-corrected chi connectivity index (χ4v) is 2.27. The van der Waals surface area contributed by atoms with Crippen molar-refractivity contribution >= 4 is 11.9 Å². The summed E-state index contributed by atoms with van der Waals surface area (Å²) >= 11 is 0. The number of carbonyl (C=O) groups is 2. The molecule has 23 heavy (non-hydrogen) atoms. The molecule has 1 unspecified atom stereocenters. The van der Waals surface area contributed by atoms with Gasteiger partial charge in [0, 0.05) is 5.56 Å². The molecule has 0 spiro atoms. The predicted molar refractivity (Wildman–Crippen MR) is 89.1 cm³/mol. The summed E-state index contributed by atoms with van der Waals surface area (Å²) in [4.78, 5) is 24.2. The summed E-state index contributed by atoms with van der Waals surface area (Å²) in [5, 5.41) is 2.92. The molecule has 1 amide bonds. The minimum Gasteiger partial charge on any atom is -0.466 e. The molecule has 1 atom stereocenters. The van der Waals surface area contributed by atoms with Crippen molar-refractivity contribution in [3.05, 3.63) is 71.3 Å². The van der Waals surface area contributed by atoms with Crippen molar-refractivity contribution in [2.24, 2.45) is 0 Å². The first kappa shape index (κ1) is 16.7. The molecule has 1 N–H and O–H groups in total. The van der Waals surface area contributed by atoms with Crippen molar-refractivity contribution in [2.45, 2.75) is 26.3 Å². The first-order chi connectivity index (χ1) is 11.1. The fraction of sp³-hybridized carbons (Fsp3) is 0.263. The molecule has 4 heteroatoms. The van der Waals surface area contributed by atoms with Crippen LogP contribution in [0.3, 0.4) is 0 Å². The van der Waals surface area contributed by atoms with Gasteiger partial charge in [-0.1, -0.05) is 48.0 Å². The van der Waals surface area contributed by atoms with Crippen LogP contribution in [-0.4, -0.2) is 18.5 Å². The van der Waals surface area contributed by atoms with E-state index in [9.17, 15) is 9.59 Å². The Morgan fingerprint density at radius 1 is 1.04 bits per heavy atom. The van der Waals surface area contributed by atoms with Gasteiger partial charge in [-0.05, 0) is 31.5 Å². The van der Waals surface area contributed by atoms with E-state index in [1.165, 1.54) is 0 Å². The minimum atomic E-state index is -0.413. The second-order valence-electron chi connectivity index (χ2n) is 5.31. The zero-order chi connectivity index (χ0) is 16.7. The van der Waals surface area contributed by atoms with Crippen molar-refractivity contribution in [3.63, 3.8) is 0 Å². The highest BCUT2D eigenvalue weighted by Gasteiger charge is 2.19. The normalized spacial score (nSPS) is 11.6. The van der Waals surface area contributed by atoms with Crippen LogP contribution in [0.25, 0.3) is 0 Å². The van der Waals surface area contributed by atoms with Crippen LogP contribution in [0.4, 0.5) is 0 Å². The number of aryl methyl sites for hydroxylation is 1. The summed E-state index contributed by atoms with van der Waals surface area (Å²) in [5.74, 6) is -0.534. The van der Waals surface area contributed by atoms with Crippen LogP contribution >= 0.6 is 0 Å². The van der Waals surface area contributed by atoms with Crippen LogP contribution in [0.15, 0.2) is 54.6 Å². The molecule has 0 fully saturated rings. The standard InChI is InChI=1S/C19H21NO3/c1-3-23-18(21)13-17(15-7-5-4-6-8-15)20-19(22)16-11-9-14(2)10-12-16/h4-12,17H,3,13H2,1-2H3,(H,20,22). The third-order valence-electron chi connectivity index (χ3n) is 3.50. The Labute approximate surface area is 136 Å². The number of carbonyl (C=O) groups excluding carboxylic acids is 2. The Balaban J connectivity index is 2.15. The van der Waals surface area contributed by atoms with Gasteiger partial charge in [0.2, 0.25) is 0 Å². The molecular weight excluding hydrogens is 290 g/mol. The Morgan fingerprint density at radius 2 is 1.70 bits per heavy atom. The number of nitrogens with one attached hydrogen (secondary N) is 1. The maximum absolute atomic E-state index is 12.4. The Bertz CT molecular complexity index is 650. The third kappa shape index (κ3) is 4.95. The average molecular weight is 311 g/mol.